The van der Waals surface area contributed by atoms with Crippen LogP contribution in [0.1, 0.15) is 49.4 Å². The number of carbonyl (C=O) groups is 1. The van der Waals surface area contributed by atoms with Gasteiger partial charge >= 0.3 is 0 Å². The Labute approximate surface area is 137 Å². The van der Waals surface area contributed by atoms with Crippen LogP contribution in [0.5, 0.6) is 5.75 Å². The summed E-state index contributed by atoms with van der Waals surface area (Å²) >= 11 is 0. The molecule has 0 amide bonds. The first-order chi connectivity index (χ1) is 11.0. The van der Waals surface area contributed by atoms with Crippen LogP contribution in [-0.2, 0) is 10.2 Å². The summed E-state index contributed by atoms with van der Waals surface area (Å²) in [5.41, 5.74) is 0.794. The van der Waals surface area contributed by atoms with E-state index in [1.807, 2.05) is 0 Å². The number of benzene rings is 1. The Bertz CT molecular complexity index is 652. The fraction of sp³-hybridized carbons (Fsp3) is 0.562. The molecule has 0 unspecified atom stereocenters. The van der Waals surface area contributed by atoms with E-state index in [9.17, 15) is 13.2 Å². The van der Waals surface area contributed by atoms with Crippen LogP contribution in [0.25, 0.3) is 0 Å². The fourth-order valence-corrected chi connectivity index (χ4v) is 3.81. The number of ketones is 1. The van der Waals surface area contributed by atoms with Gasteiger partial charge in [-0.3, -0.25) is 9.52 Å². The number of methoxy groups -OCH3 is 1. The number of Topliss-reactive ketones (excluding diaryl/α,β-unsaturated/α-hetero) is 1. The van der Waals surface area contributed by atoms with Crippen molar-refractivity contribution in [1.29, 1.82) is 0 Å². The van der Waals surface area contributed by atoms with Crippen molar-refractivity contribution in [3.63, 3.8) is 0 Å². The largest absolute Gasteiger partial charge is 0.495 e. The number of hydrogen-bond acceptors (Lipinski definition) is 4. The summed E-state index contributed by atoms with van der Waals surface area (Å²) in [5, 5.41) is 0. The third kappa shape index (κ3) is 4.68. The maximum absolute atomic E-state index is 12.6. The predicted molar refractivity (Wildman–Crippen MR) is 90.1 cm³/mol. The number of hydrogen-bond donors (Lipinski definition) is 2. The standard InChI is InChI=1S/C16H24N2O4S/c1-3-17-23(20,21)18-14-11-13(9-10-15(14)22-2)16(19)12-7-5-4-6-8-12/h9-12,17-18H,3-8H2,1-2H3. The molecule has 1 aromatic carbocycles. The van der Waals surface area contributed by atoms with Gasteiger partial charge in [0, 0.05) is 18.0 Å². The summed E-state index contributed by atoms with van der Waals surface area (Å²) in [6, 6.07) is 4.88. The van der Waals surface area contributed by atoms with Crippen molar-refractivity contribution in [1.82, 2.24) is 4.72 Å². The summed E-state index contributed by atoms with van der Waals surface area (Å²) in [7, 11) is -2.21. The zero-order valence-electron chi connectivity index (χ0n) is 13.6. The maximum Gasteiger partial charge on any atom is 0.299 e. The Morgan fingerprint density at radius 1 is 1.26 bits per heavy atom. The Kier molecular flexibility index (Phi) is 6.01. The molecule has 0 aliphatic heterocycles. The molecule has 0 aromatic heterocycles. The Balaban J connectivity index is 2.25. The Morgan fingerprint density at radius 2 is 1.96 bits per heavy atom. The average molecular weight is 340 g/mol. The zero-order chi connectivity index (χ0) is 16.9. The minimum absolute atomic E-state index is 0.0374. The molecule has 0 atom stereocenters. The quantitative estimate of drug-likeness (QED) is 0.748. The summed E-state index contributed by atoms with van der Waals surface area (Å²) < 4.78 is 33.7. The SMILES string of the molecule is CCNS(=O)(=O)Nc1cc(C(=O)C2CCCCC2)ccc1OC. The van der Waals surface area contributed by atoms with Crippen molar-refractivity contribution >= 4 is 21.7 Å². The third-order valence-corrected chi connectivity index (χ3v) is 5.20. The molecule has 1 aliphatic rings. The van der Waals surface area contributed by atoms with Crippen LogP contribution in [0, 0.1) is 5.92 Å². The lowest BCUT2D eigenvalue weighted by molar-refractivity contribution is 0.0889. The van der Waals surface area contributed by atoms with Gasteiger partial charge in [0.25, 0.3) is 10.2 Å². The highest BCUT2D eigenvalue weighted by molar-refractivity contribution is 7.90. The third-order valence-electron chi connectivity index (χ3n) is 4.04. The van der Waals surface area contributed by atoms with Crippen LogP contribution in [0.15, 0.2) is 18.2 Å². The molecule has 1 aliphatic carbocycles. The number of rotatable bonds is 7. The highest BCUT2D eigenvalue weighted by atomic mass is 32.2. The van der Waals surface area contributed by atoms with Crippen molar-refractivity contribution in [2.75, 3.05) is 18.4 Å². The zero-order valence-corrected chi connectivity index (χ0v) is 14.4. The van der Waals surface area contributed by atoms with Crippen LogP contribution in [-0.4, -0.2) is 27.9 Å². The van der Waals surface area contributed by atoms with Gasteiger partial charge in [0.05, 0.1) is 12.8 Å². The monoisotopic (exact) mass is 340 g/mol. The van der Waals surface area contributed by atoms with Gasteiger partial charge in [0.15, 0.2) is 5.78 Å². The van der Waals surface area contributed by atoms with Gasteiger partial charge in [-0.15, -0.1) is 0 Å². The molecule has 0 radical (unpaired) electrons. The first-order valence-electron chi connectivity index (χ1n) is 7.96. The van der Waals surface area contributed by atoms with E-state index in [0.29, 0.717) is 11.3 Å². The van der Waals surface area contributed by atoms with Gasteiger partial charge in [0.2, 0.25) is 0 Å². The van der Waals surface area contributed by atoms with Gasteiger partial charge in [-0.25, -0.2) is 0 Å². The summed E-state index contributed by atoms with van der Waals surface area (Å²) in [6.45, 7) is 1.97. The maximum atomic E-state index is 12.6. The van der Waals surface area contributed by atoms with Crippen molar-refractivity contribution < 1.29 is 17.9 Å². The van der Waals surface area contributed by atoms with Crippen molar-refractivity contribution in [2.24, 2.45) is 5.92 Å². The van der Waals surface area contributed by atoms with Crippen LogP contribution in [0.4, 0.5) is 5.69 Å². The molecule has 6 nitrogen and oxygen atoms in total. The van der Waals surface area contributed by atoms with Crippen LogP contribution < -0.4 is 14.2 Å². The van der Waals surface area contributed by atoms with Crippen LogP contribution >= 0.6 is 0 Å². The molecule has 0 spiro atoms. The van der Waals surface area contributed by atoms with E-state index in [2.05, 4.69) is 9.44 Å². The normalized spacial score (nSPS) is 16.1. The smallest absolute Gasteiger partial charge is 0.299 e. The molecule has 1 saturated carbocycles. The molecule has 2 N–H and O–H groups in total. The van der Waals surface area contributed by atoms with Gasteiger partial charge in [-0.2, -0.15) is 13.1 Å². The first-order valence-corrected chi connectivity index (χ1v) is 9.45. The second-order valence-corrected chi connectivity index (χ2v) is 7.22. The van der Waals surface area contributed by atoms with Crippen LogP contribution in [0.3, 0.4) is 0 Å². The molecule has 1 aromatic rings. The van der Waals surface area contributed by atoms with Crippen molar-refractivity contribution in [3.05, 3.63) is 23.8 Å². The van der Waals surface area contributed by atoms with Gasteiger partial charge in [-0.05, 0) is 31.0 Å². The summed E-state index contributed by atoms with van der Waals surface area (Å²) in [4.78, 5) is 12.6. The summed E-state index contributed by atoms with van der Waals surface area (Å²) in [5.74, 6) is 0.498. The average Bonchev–Trinajstić information content (AvgIpc) is 2.54. The van der Waals surface area contributed by atoms with Gasteiger partial charge in [0.1, 0.15) is 5.75 Å². The summed E-state index contributed by atoms with van der Waals surface area (Å²) in [6.07, 6.45) is 5.14. The molecule has 1 fully saturated rings. The molecule has 23 heavy (non-hydrogen) atoms. The Hall–Kier alpha value is -1.60. The highest BCUT2D eigenvalue weighted by Gasteiger charge is 2.23. The molecule has 2 rings (SSSR count). The molecule has 128 valence electrons. The lowest BCUT2D eigenvalue weighted by atomic mass is 9.84. The number of carbonyl (C=O) groups excluding carboxylic acids is 1. The van der Waals surface area contributed by atoms with E-state index in [1.54, 1.807) is 25.1 Å². The predicted octanol–water partition coefficient (Wildman–Crippen LogP) is 2.72. The molecule has 0 bridgehead atoms. The second-order valence-electron chi connectivity index (χ2n) is 5.72. The molecular formula is C16H24N2O4S. The minimum atomic E-state index is -3.68. The minimum Gasteiger partial charge on any atom is -0.495 e. The first kappa shape index (κ1) is 17.7. The lowest BCUT2D eigenvalue weighted by Crippen LogP contribution is -2.30. The molecular weight excluding hydrogens is 316 g/mol. The molecule has 0 saturated heterocycles. The lowest BCUT2D eigenvalue weighted by Gasteiger charge is -2.21. The molecule has 7 heteroatoms. The Morgan fingerprint density at radius 3 is 2.57 bits per heavy atom. The number of ether oxygens (including phenoxy) is 1. The van der Waals surface area contributed by atoms with E-state index in [0.717, 1.165) is 25.7 Å². The number of nitrogens with one attached hydrogen (secondary N) is 2. The van der Waals surface area contributed by atoms with E-state index >= 15 is 0 Å². The van der Waals surface area contributed by atoms with Crippen molar-refractivity contribution in [2.45, 2.75) is 39.0 Å². The van der Waals surface area contributed by atoms with Crippen molar-refractivity contribution in [3.8, 4) is 5.75 Å². The van der Waals surface area contributed by atoms with E-state index < -0.39 is 10.2 Å². The van der Waals surface area contributed by atoms with E-state index in [-0.39, 0.29) is 23.9 Å². The van der Waals surface area contributed by atoms with E-state index in [4.69, 9.17) is 4.74 Å². The molecule has 0 heterocycles. The second kappa shape index (κ2) is 7.79. The van der Waals surface area contributed by atoms with Gasteiger partial charge in [-0.1, -0.05) is 26.2 Å². The number of anilines is 1. The van der Waals surface area contributed by atoms with Crippen LogP contribution in [0.2, 0.25) is 0 Å². The topological polar surface area (TPSA) is 84.5 Å². The fourth-order valence-electron chi connectivity index (χ4n) is 2.91. The van der Waals surface area contributed by atoms with Gasteiger partial charge < -0.3 is 4.74 Å². The van der Waals surface area contributed by atoms with E-state index in [1.165, 1.54) is 13.5 Å². The highest BCUT2D eigenvalue weighted by Crippen LogP contribution is 2.31.